The number of likely N-dealkylation sites (tertiary alicyclic amines) is 2. The molecule has 0 bridgehead atoms. The molecule has 0 aliphatic carbocycles. The molecule has 0 atom stereocenters. The number of amides is 2. The van der Waals surface area contributed by atoms with Crippen LogP contribution in [-0.4, -0.2) is 61.9 Å². The van der Waals surface area contributed by atoms with Gasteiger partial charge in [0.05, 0.1) is 0 Å². The van der Waals surface area contributed by atoms with Gasteiger partial charge in [0.1, 0.15) is 0 Å². The van der Waals surface area contributed by atoms with Gasteiger partial charge in [-0.1, -0.05) is 12.1 Å². The van der Waals surface area contributed by atoms with Crippen LogP contribution in [0, 0.1) is 5.92 Å². The van der Waals surface area contributed by atoms with Gasteiger partial charge < -0.3 is 14.7 Å². The van der Waals surface area contributed by atoms with Crippen molar-refractivity contribution in [3.63, 3.8) is 0 Å². The summed E-state index contributed by atoms with van der Waals surface area (Å²) in [4.78, 5) is 31.0. The number of hydrogen-bond acceptors (Lipinski definition) is 3. The van der Waals surface area contributed by atoms with E-state index in [1.54, 1.807) is 0 Å². The lowest BCUT2D eigenvalue weighted by atomic mass is 9.95. The van der Waals surface area contributed by atoms with Crippen LogP contribution in [0.25, 0.3) is 0 Å². The van der Waals surface area contributed by atoms with E-state index in [1.165, 1.54) is 11.3 Å². The molecular weight excluding hydrogens is 326 g/mol. The molecule has 1 aromatic rings. The highest BCUT2D eigenvalue weighted by Gasteiger charge is 2.30. The fraction of sp³-hybridized carbons (Fsp3) is 0.619. The third kappa shape index (κ3) is 4.57. The molecule has 5 heteroatoms. The monoisotopic (exact) mass is 357 g/mol. The van der Waals surface area contributed by atoms with E-state index in [0.717, 1.165) is 58.3 Å². The lowest BCUT2D eigenvalue weighted by Gasteiger charge is -2.33. The normalized spacial score (nSPS) is 18.2. The molecular formula is C21H31N3O2. The van der Waals surface area contributed by atoms with Crippen LogP contribution in [0.3, 0.4) is 0 Å². The second kappa shape index (κ2) is 8.56. The highest BCUT2D eigenvalue weighted by molar-refractivity contribution is 5.80. The van der Waals surface area contributed by atoms with Crippen LogP contribution in [0.15, 0.2) is 24.3 Å². The Balaban J connectivity index is 1.42. The highest BCUT2D eigenvalue weighted by Crippen LogP contribution is 2.23. The first-order chi connectivity index (χ1) is 12.5. The van der Waals surface area contributed by atoms with E-state index < -0.39 is 0 Å². The van der Waals surface area contributed by atoms with Gasteiger partial charge in [0.15, 0.2) is 0 Å². The Hall–Kier alpha value is -2.04. The summed E-state index contributed by atoms with van der Waals surface area (Å²) in [6.07, 6.45) is 5.24. The summed E-state index contributed by atoms with van der Waals surface area (Å²) in [7, 11) is 4.05. The minimum atomic E-state index is 0.121. The lowest BCUT2D eigenvalue weighted by Crippen LogP contribution is -2.43. The molecule has 2 heterocycles. The molecule has 3 rings (SSSR count). The van der Waals surface area contributed by atoms with Crippen LogP contribution >= 0.6 is 0 Å². The van der Waals surface area contributed by atoms with Crippen LogP contribution in [0.2, 0.25) is 0 Å². The Morgan fingerprint density at radius 2 is 1.58 bits per heavy atom. The fourth-order valence-corrected chi connectivity index (χ4v) is 3.94. The summed E-state index contributed by atoms with van der Waals surface area (Å²) in [5, 5.41) is 0. The summed E-state index contributed by atoms with van der Waals surface area (Å²) in [5.41, 5.74) is 2.37. The zero-order valence-corrected chi connectivity index (χ0v) is 16.1. The predicted octanol–water partition coefficient (Wildman–Crippen LogP) is 2.55. The maximum absolute atomic E-state index is 12.5. The molecule has 0 radical (unpaired) electrons. The van der Waals surface area contributed by atoms with Gasteiger partial charge in [-0.2, -0.15) is 0 Å². The number of anilines is 1. The zero-order chi connectivity index (χ0) is 18.5. The lowest BCUT2D eigenvalue weighted by molar-refractivity contribution is -0.140. The Morgan fingerprint density at radius 1 is 0.962 bits per heavy atom. The average Bonchev–Trinajstić information content (AvgIpc) is 3.20. The Bertz CT molecular complexity index is 613. The summed E-state index contributed by atoms with van der Waals surface area (Å²) >= 11 is 0. The molecule has 2 fully saturated rings. The highest BCUT2D eigenvalue weighted by atomic mass is 16.2. The molecule has 0 saturated carbocycles. The molecule has 2 amide bonds. The van der Waals surface area contributed by atoms with Crippen molar-refractivity contribution in [3.8, 4) is 0 Å². The van der Waals surface area contributed by atoms with Crippen molar-refractivity contribution < 1.29 is 9.59 Å². The van der Waals surface area contributed by atoms with Gasteiger partial charge in [0, 0.05) is 58.3 Å². The minimum Gasteiger partial charge on any atom is -0.378 e. The number of rotatable bonds is 5. The summed E-state index contributed by atoms with van der Waals surface area (Å²) < 4.78 is 0. The van der Waals surface area contributed by atoms with Crippen molar-refractivity contribution in [2.45, 2.75) is 38.5 Å². The second-order valence-electron chi connectivity index (χ2n) is 7.75. The fourth-order valence-electron chi connectivity index (χ4n) is 3.94. The second-order valence-corrected chi connectivity index (χ2v) is 7.75. The number of piperidine rings is 1. The van der Waals surface area contributed by atoms with Gasteiger partial charge in [0.2, 0.25) is 11.8 Å². The van der Waals surface area contributed by atoms with Crippen molar-refractivity contribution in [1.29, 1.82) is 0 Å². The first kappa shape index (κ1) is 18.7. The third-order valence-corrected chi connectivity index (χ3v) is 5.69. The number of nitrogens with zero attached hydrogens (tertiary/aromatic N) is 3. The van der Waals surface area contributed by atoms with Gasteiger partial charge in [0.25, 0.3) is 0 Å². The first-order valence-electron chi connectivity index (χ1n) is 9.87. The van der Waals surface area contributed by atoms with E-state index in [1.807, 2.05) is 23.9 Å². The molecule has 0 N–H and O–H groups in total. The molecule has 5 nitrogen and oxygen atoms in total. The number of aryl methyl sites for hydroxylation is 1. The average molecular weight is 357 g/mol. The van der Waals surface area contributed by atoms with Crippen LogP contribution in [0.4, 0.5) is 5.69 Å². The topological polar surface area (TPSA) is 43.9 Å². The van der Waals surface area contributed by atoms with E-state index in [-0.39, 0.29) is 11.8 Å². The number of hydrogen-bond donors (Lipinski definition) is 0. The summed E-state index contributed by atoms with van der Waals surface area (Å²) in [5.74, 6) is 0.653. The molecule has 26 heavy (non-hydrogen) atoms. The van der Waals surface area contributed by atoms with Gasteiger partial charge in [-0.25, -0.2) is 0 Å². The molecule has 2 aliphatic rings. The van der Waals surface area contributed by atoms with Crippen molar-refractivity contribution in [1.82, 2.24) is 9.80 Å². The third-order valence-electron chi connectivity index (χ3n) is 5.69. The zero-order valence-electron chi connectivity index (χ0n) is 16.1. The van der Waals surface area contributed by atoms with Crippen molar-refractivity contribution in [2.75, 3.05) is 45.2 Å². The van der Waals surface area contributed by atoms with E-state index in [2.05, 4.69) is 29.2 Å². The minimum absolute atomic E-state index is 0.121. The van der Waals surface area contributed by atoms with Crippen molar-refractivity contribution in [2.24, 2.45) is 5.92 Å². The Morgan fingerprint density at radius 3 is 2.15 bits per heavy atom. The SMILES string of the molecule is CN(C)c1ccc(CCC(=O)N2CCC(C(=O)N3CCCC3)CC2)cc1. The molecule has 0 spiro atoms. The maximum atomic E-state index is 12.5. The van der Waals surface area contributed by atoms with Crippen LogP contribution in [0.1, 0.15) is 37.7 Å². The van der Waals surface area contributed by atoms with Gasteiger partial charge in [-0.15, -0.1) is 0 Å². The molecule has 2 aliphatic heterocycles. The molecule has 2 saturated heterocycles. The van der Waals surface area contributed by atoms with E-state index >= 15 is 0 Å². The van der Waals surface area contributed by atoms with Gasteiger partial charge >= 0.3 is 0 Å². The Labute approximate surface area is 156 Å². The number of carbonyl (C=O) groups is 2. The van der Waals surface area contributed by atoms with E-state index in [0.29, 0.717) is 12.3 Å². The molecule has 142 valence electrons. The Kier molecular flexibility index (Phi) is 6.17. The van der Waals surface area contributed by atoms with Crippen LogP contribution in [-0.2, 0) is 16.0 Å². The molecule has 1 aromatic carbocycles. The van der Waals surface area contributed by atoms with E-state index in [9.17, 15) is 9.59 Å². The van der Waals surface area contributed by atoms with Crippen molar-refractivity contribution >= 4 is 17.5 Å². The summed E-state index contributed by atoms with van der Waals surface area (Å²) in [6, 6.07) is 8.39. The maximum Gasteiger partial charge on any atom is 0.225 e. The largest absolute Gasteiger partial charge is 0.378 e. The van der Waals surface area contributed by atoms with Crippen molar-refractivity contribution in [3.05, 3.63) is 29.8 Å². The predicted molar refractivity (Wildman–Crippen MR) is 104 cm³/mol. The smallest absolute Gasteiger partial charge is 0.225 e. The number of carbonyl (C=O) groups excluding carboxylic acids is 2. The van der Waals surface area contributed by atoms with Gasteiger partial charge in [-0.05, 0) is 49.8 Å². The summed E-state index contributed by atoms with van der Waals surface area (Å²) in [6.45, 7) is 3.29. The molecule has 0 aromatic heterocycles. The number of benzene rings is 1. The molecule has 0 unspecified atom stereocenters. The first-order valence-corrected chi connectivity index (χ1v) is 9.87. The van der Waals surface area contributed by atoms with Crippen LogP contribution in [0.5, 0.6) is 0 Å². The standard InChI is InChI=1S/C21H31N3O2/c1-22(2)19-8-5-17(6-9-19)7-10-20(25)23-15-11-18(12-16-23)21(26)24-13-3-4-14-24/h5-6,8-9,18H,3-4,7,10-16H2,1-2H3. The van der Waals surface area contributed by atoms with E-state index in [4.69, 9.17) is 0 Å². The van der Waals surface area contributed by atoms with Crippen LogP contribution < -0.4 is 4.90 Å². The quantitative estimate of drug-likeness (QED) is 0.813. The van der Waals surface area contributed by atoms with Gasteiger partial charge in [-0.3, -0.25) is 9.59 Å².